The van der Waals surface area contributed by atoms with Crippen LogP contribution in [0.3, 0.4) is 0 Å². The molecule has 0 aliphatic carbocycles. The Bertz CT molecular complexity index is 545. The minimum absolute atomic E-state index is 0.123. The molecule has 1 amide bonds. The van der Waals surface area contributed by atoms with E-state index in [-0.39, 0.29) is 23.2 Å². The molecular weight excluding hydrogens is 270 g/mol. The van der Waals surface area contributed by atoms with Gasteiger partial charge in [-0.3, -0.25) is 14.9 Å². The van der Waals surface area contributed by atoms with Gasteiger partial charge in [-0.15, -0.1) is 0 Å². The molecule has 0 radical (unpaired) electrons. The molecule has 0 saturated carbocycles. The van der Waals surface area contributed by atoms with E-state index in [1.165, 1.54) is 0 Å². The number of rotatable bonds is 4. The standard InChI is InChI=1S/C15H21N3O3/c1-3-16-13-9-6-8-12(14(13)18(20)21)15(19)17-10-5-4-7-11(17)2/h6,8-9,11,16H,3-5,7,10H2,1-2H3. The molecule has 1 aliphatic rings. The number of anilines is 1. The van der Waals surface area contributed by atoms with Crippen molar-refractivity contribution in [3.63, 3.8) is 0 Å². The zero-order valence-corrected chi connectivity index (χ0v) is 12.5. The van der Waals surface area contributed by atoms with Crippen LogP contribution in [0.5, 0.6) is 0 Å². The van der Waals surface area contributed by atoms with Crippen molar-refractivity contribution in [1.29, 1.82) is 0 Å². The molecule has 1 saturated heterocycles. The molecule has 1 N–H and O–H groups in total. The van der Waals surface area contributed by atoms with E-state index in [0.717, 1.165) is 19.3 Å². The molecule has 1 fully saturated rings. The Morgan fingerprint density at radius 1 is 1.48 bits per heavy atom. The zero-order valence-electron chi connectivity index (χ0n) is 12.5. The maximum atomic E-state index is 12.7. The van der Waals surface area contributed by atoms with Crippen LogP contribution in [0, 0.1) is 10.1 Å². The summed E-state index contributed by atoms with van der Waals surface area (Å²) in [5, 5.41) is 14.3. The van der Waals surface area contributed by atoms with Crippen LogP contribution in [0.25, 0.3) is 0 Å². The molecular formula is C15H21N3O3. The van der Waals surface area contributed by atoms with Gasteiger partial charge in [0.15, 0.2) is 0 Å². The Morgan fingerprint density at radius 2 is 2.24 bits per heavy atom. The lowest BCUT2D eigenvalue weighted by Gasteiger charge is -2.33. The third-order valence-electron chi connectivity index (χ3n) is 3.88. The molecule has 2 rings (SSSR count). The molecule has 21 heavy (non-hydrogen) atoms. The van der Waals surface area contributed by atoms with Crippen molar-refractivity contribution in [1.82, 2.24) is 4.90 Å². The Kier molecular flexibility index (Phi) is 4.77. The Balaban J connectivity index is 2.40. The Labute approximate surface area is 124 Å². The first-order valence-corrected chi connectivity index (χ1v) is 7.38. The second kappa shape index (κ2) is 6.56. The summed E-state index contributed by atoms with van der Waals surface area (Å²) in [7, 11) is 0. The largest absolute Gasteiger partial charge is 0.380 e. The SMILES string of the molecule is CCNc1cccc(C(=O)N2CCCCC2C)c1[N+](=O)[O-]. The summed E-state index contributed by atoms with van der Waals surface area (Å²) in [5.74, 6) is -0.242. The maximum Gasteiger partial charge on any atom is 0.305 e. The molecule has 1 aliphatic heterocycles. The minimum atomic E-state index is -0.472. The van der Waals surface area contributed by atoms with E-state index in [4.69, 9.17) is 0 Å². The van der Waals surface area contributed by atoms with E-state index < -0.39 is 4.92 Å². The monoisotopic (exact) mass is 291 g/mol. The summed E-state index contributed by atoms with van der Waals surface area (Å²) in [5.41, 5.74) is 0.451. The van der Waals surface area contributed by atoms with Gasteiger partial charge in [0.05, 0.1) is 4.92 Å². The number of nitrogens with one attached hydrogen (secondary N) is 1. The van der Waals surface area contributed by atoms with Crippen molar-refractivity contribution < 1.29 is 9.72 Å². The molecule has 1 heterocycles. The van der Waals surface area contributed by atoms with Crippen LogP contribution in [0.2, 0.25) is 0 Å². The van der Waals surface area contributed by atoms with Gasteiger partial charge in [-0.25, -0.2) is 0 Å². The fourth-order valence-corrected chi connectivity index (χ4v) is 2.80. The summed E-state index contributed by atoms with van der Waals surface area (Å²) < 4.78 is 0. The summed E-state index contributed by atoms with van der Waals surface area (Å²) >= 11 is 0. The van der Waals surface area contributed by atoms with E-state index in [1.807, 2.05) is 13.8 Å². The number of carbonyl (C=O) groups excluding carboxylic acids is 1. The highest BCUT2D eigenvalue weighted by molar-refractivity contribution is 6.00. The molecule has 1 aromatic rings. The predicted octanol–water partition coefficient (Wildman–Crippen LogP) is 3.04. The highest BCUT2D eigenvalue weighted by Gasteiger charge is 2.30. The fourth-order valence-electron chi connectivity index (χ4n) is 2.80. The summed E-state index contributed by atoms with van der Waals surface area (Å²) in [6.07, 6.45) is 3.01. The number of nitro groups is 1. The third-order valence-corrected chi connectivity index (χ3v) is 3.88. The molecule has 114 valence electrons. The van der Waals surface area contributed by atoms with E-state index >= 15 is 0 Å². The van der Waals surface area contributed by atoms with Crippen molar-refractivity contribution in [3.8, 4) is 0 Å². The summed E-state index contributed by atoms with van der Waals surface area (Å²) in [6, 6.07) is 5.00. The van der Waals surface area contributed by atoms with Gasteiger partial charge in [-0.1, -0.05) is 6.07 Å². The summed E-state index contributed by atoms with van der Waals surface area (Å²) in [4.78, 5) is 25.3. The Hall–Kier alpha value is -2.11. The minimum Gasteiger partial charge on any atom is -0.380 e. The number of carbonyl (C=O) groups is 1. The number of para-hydroxylation sites is 1. The van der Waals surface area contributed by atoms with Gasteiger partial charge in [-0.05, 0) is 45.2 Å². The number of likely N-dealkylation sites (tertiary alicyclic amines) is 1. The number of benzene rings is 1. The fraction of sp³-hybridized carbons (Fsp3) is 0.533. The van der Waals surface area contributed by atoms with Gasteiger partial charge in [0.2, 0.25) is 0 Å². The van der Waals surface area contributed by atoms with Crippen molar-refractivity contribution in [3.05, 3.63) is 33.9 Å². The molecule has 1 atom stereocenters. The van der Waals surface area contributed by atoms with Crippen LogP contribution >= 0.6 is 0 Å². The number of nitrogens with zero attached hydrogens (tertiary/aromatic N) is 2. The van der Waals surface area contributed by atoms with Crippen molar-refractivity contribution >= 4 is 17.3 Å². The van der Waals surface area contributed by atoms with Crippen molar-refractivity contribution in [2.24, 2.45) is 0 Å². The first-order valence-electron chi connectivity index (χ1n) is 7.38. The number of hydrogen-bond acceptors (Lipinski definition) is 4. The quantitative estimate of drug-likeness (QED) is 0.683. The number of piperidine rings is 1. The van der Waals surface area contributed by atoms with Gasteiger partial charge in [0.1, 0.15) is 11.3 Å². The molecule has 1 unspecified atom stereocenters. The van der Waals surface area contributed by atoms with Gasteiger partial charge < -0.3 is 10.2 Å². The van der Waals surface area contributed by atoms with E-state index in [1.54, 1.807) is 23.1 Å². The second-order valence-corrected chi connectivity index (χ2v) is 5.33. The number of hydrogen-bond donors (Lipinski definition) is 1. The van der Waals surface area contributed by atoms with Gasteiger partial charge in [0.25, 0.3) is 5.91 Å². The molecule has 0 spiro atoms. The Morgan fingerprint density at radius 3 is 2.86 bits per heavy atom. The average molecular weight is 291 g/mol. The van der Waals surface area contributed by atoms with Crippen molar-refractivity contribution in [2.45, 2.75) is 39.2 Å². The predicted molar refractivity (Wildman–Crippen MR) is 81.6 cm³/mol. The second-order valence-electron chi connectivity index (χ2n) is 5.33. The number of amides is 1. The van der Waals surface area contributed by atoms with Crippen LogP contribution in [-0.4, -0.2) is 34.9 Å². The van der Waals surface area contributed by atoms with Crippen LogP contribution in [0.1, 0.15) is 43.5 Å². The van der Waals surface area contributed by atoms with Gasteiger partial charge >= 0.3 is 5.69 Å². The number of nitro benzene ring substituents is 1. The van der Waals surface area contributed by atoms with E-state index in [9.17, 15) is 14.9 Å². The molecule has 0 aromatic heterocycles. The molecule has 0 bridgehead atoms. The lowest BCUT2D eigenvalue weighted by atomic mass is 10.0. The molecule has 6 nitrogen and oxygen atoms in total. The van der Waals surface area contributed by atoms with Crippen LogP contribution in [0.4, 0.5) is 11.4 Å². The highest BCUT2D eigenvalue weighted by atomic mass is 16.6. The molecule has 1 aromatic carbocycles. The van der Waals surface area contributed by atoms with E-state index in [2.05, 4.69) is 5.32 Å². The highest BCUT2D eigenvalue weighted by Crippen LogP contribution is 2.31. The first-order chi connectivity index (χ1) is 10.1. The van der Waals surface area contributed by atoms with E-state index in [0.29, 0.717) is 18.8 Å². The first kappa shape index (κ1) is 15.3. The van der Waals surface area contributed by atoms with Crippen LogP contribution < -0.4 is 5.32 Å². The molecule has 6 heteroatoms. The normalized spacial score (nSPS) is 18.4. The van der Waals surface area contributed by atoms with Crippen molar-refractivity contribution in [2.75, 3.05) is 18.4 Å². The van der Waals surface area contributed by atoms with Gasteiger partial charge in [0, 0.05) is 19.1 Å². The zero-order chi connectivity index (χ0) is 15.4. The summed E-state index contributed by atoms with van der Waals surface area (Å²) in [6.45, 7) is 5.10. The maximum absolute atomic E-state index is 12.7. The van der Waals surface area contributed by atoms with Gasteiger partial charge in [-0.2, -0.15) is 0 Å². The van der Waals surface area contributed by atoms with Crippen LogP contribution in [-0.2, 0) is 0 Å². The van der Waals surface area contributed by atoms with Crippen LogP contribution in [0.15, 0.2) is 18.2 Å². The third kappa shape index (κ3) is 3.15. The topological polar surface area (TPSA) is 75.5 Å². The lowest BCUT2D eigenvalue weighted by Crippen LogP contribution is -2.42. The lowest BCUT2D eigenvalue weighted by molar-refractivity contribution is -0.384. The smallest absolute Gasteiger partial charge is 0.305 e. The average Bonchev–Trinajstić information content (AvgIpc) is 2.47.